The molecule has 7 nitrogen and oxygen atoms in total. The van der Waals surface area contributed by atoms with Crippen molar-refractivity contribution in [1.29, 1.82) is 0 Å². The molecule has 0 bridgehead atoms. The van der Waals surface area contributed by atoms with E-state index >= 15 is 0 Å². The number of piperazine rings is 1. The van der Waals surface area contributed by atoms with E-state index in [2.05, 4.69) is 20.4 Å². The van der Waals surface area contributed by atoms with Crippen LogP contribution in [0.5, 0.6) is 0 Å². The second kappa shape index (κ2) is 8.31. The van der Waals surface area contributed by atoms with E-state index in [-0.39, 0.29) is 30.7 Å². The molecule has 2 fully saturated rings. The Morgan fingerprint density at radius 2 is 1.92 bits per heavy atom. The van der Waals surface area contributed by atoms with Crippen molar-refractivity contribution in [3.8, 4) is 0 Å². The number of pyridine rings is 1. The standard InChI is InChI=1S/C16H22N6O.2ClH/c1-12-18-19-15-3-2-13(10-22(12)15)16(23)21-7-4-14(11-21)20-8-5-17-6-9-20;;/h2-3,10,14,17H,4-9,11H2,1H3;2*1H. The first-order chi connectivity index (χ1) is 11.2. The topological polar surface area (TPSA) is 65.8 Å². The summed E-state index contributed by atoms with van der Waals surface area (Å²) in [5, 5.41) is 11.5. The molecule has 138 valence electrons. The monoisotopic (exact) mass is 386 g/mol. The summed E-state index contributed by atoms with van der Waals surface area (Å²) in [4.78, 5) is 17.3. The zero-order chi connectivity index (χ0) is 15.8. The lowest BCUT2D eigenvalue weighted by Crippen LogP contribution is -2.49. The summed E-state index contributed by atoms with van der Waals surface area (Å²) in [5.74, 6) is 0.910. The molecular weight excluding hydrogens is 363 g/mol. The highest BCUT2D eigenvalue weighted by molar-refractivity contribution is 5.94. The van der Waals surface area contributed by atoms with E-state index in [4.69, 9.17) is 0 Å². The van der Waals surface area contributed by atoms with Crippen molar-refractivity contribution in [3.63, 3.8) is 0 Å². The van der Waals surface area contributed by atoms with Gasteiger partial charge in [0.15, 0.2) is 5.65 Å². The van der Waals surface area contributed by atoms with Crippen LogP contribution in [0.4, 0.5) is 0 Å². The molecule has 0 saturated carbocycles. The lowest BCUT2D eigenvalue weighted by Gasteiger charge is -2.32. The Labute approximate surface area is 159 Å². The summed E-state index contributed by atoms with van der Waals surface area (Å²) in [6.07, 6.45) is 2.92. The first kappa shape index (κ1) is 19.9. The fourth-order valence-electron chi connectivity index (χ4n) is 3.59. The summed E-state index contributed by atoms with van der Waals surface area (Å²) in [6, 6.07) is 4.21. The van der Waals surface area contributed by atoms with Crippen LogP contribution in [0, 0.1) is 6.92 Å². The molecule has 2 aliphatic rings. The van der Waals surface area contributed by atoms with Crippen LogP contribution in [0.3, 0.4) is 0 Å². The van der Waals surface area contributed by atoms with E-state index in [0.717, 1.165) is 57.2 Å². The molecule has 0 spiro atoms. The molecule has 2 aromatic rings. The van der Waals surface area contributed by atoms with Crippen LogP contribution in [0.2, 0.25) is 0 Å². The number of nitrogens with one attached hydrogen (secondary N) is 1. The van der Waals surface area contributed by atoms with Crippen LogP contribution in [0.25, 0.3) is 5.65 Å². The van der Waals surface area contributed by atoms with Crippen LogP contribution in [0.1, 0.15) is 22.6 Å². The molecule has 2 saturated heterocycles. The van der Waals surface area contributed by atoms with Gasteiger partial charge in [-0.15, -0.1) is 35.0 Å². The van der Waals surface area contributed by atoms with Crippen LogP contribution in [0.15, 0.2) is 18.3 Å². The number of aromatic nitrogens is 3. The average Bonchev–Trinajstić information content (AvgIpc) is 3.22. The Kier molecular flexibility index (Phi) is 6.62. The van der Waals surface area contributed by atoms with Crippen molar-refractivity contribution in [2.75, 3.05) is 39.3 Å². The minimum Gasteiger partial charge on any atom is -0.337 e. The third-order valence-corrected chi connectivity index (χ3v) is 4.94. The number of carbonyl (C=O) groups excluding carboxylic acids is 1. The molecule has 4 heterocycles. The Hall–Kier alpha value is -1.41. The third-order valence-electron chi connectivity index (χ3n) is 4.94. The fraction of sp³-hybridized carbons (Fsp3) is 0.562. The smallest absolute Gasteiger partial charge is 0.255 e. The summed E-state index contributed by atoms with van der Waals surface area (Å²) in [7, 11) is 0. The first-order valence-electron chi connectivity index (χ1n) is 8.28. The Morgan fingerprint density at radius 1 is 1.16 bits per heavy atom. The average molecular weight is 387 g/mol. The van der Waals surface area contributed by atoms with Gasteiger partial charge in [-0.3, -0.25) is 14.1 Å². The maximum Gasteiger partial charge on any atom is 0.255 e. The van der Waals surface area contributed by atoms with Gasteiger partial charge in [0.05, 0.1) is 5.56 Å². The van der Waals surface area contributed by atoms with Gasteiger partial charge >= 0.3 is 0 Å². The van der Waals surface area contributed by atoms with Gasteiger partial charge < -0.3 is 10.2 Å². The largest absolute Gasteiger partial charge is 0.337 e. The maximum absolute atomic E-state index is 12.8. The molecule has 0 aliphatic carbocycles. The molecule has 2 aliphatic heterocycles. The SMILES string of the molecule is Cc1nnc2ccc(C(=O)N3CCC(N4CCNCC4)C3)cn12.Cl.Cl. The van der Waals surface area contributed by atoms with Gasteiger partial charge in [-0.25, -0.2) is 0 Å². The predicted molar refractivity (Wildman–Crippen MR) is 101 cm³/mol. The van der Waals surface area contributed by atoms with E-state index in [1.54, 1.807) is 0 Å². The van der Waals surface area contributed by atoms with Crippen LogP contribution in [-0.4, -0.2) is 75.6 Å². The van der Waals surface area contributed by atoms with E-state index in [0.29, 0.717) is 11.6 Å². The van der Waals surface area contributed by atoms with Gasteiger partial charge in [0, 0.05) is 51.5 Å². The lowest BCUT2D eigenvalue weighted by atomic mass is 10.2. The van der Waals surface area contributed by atoms with Gasteiger partial charge in [-0.05, 0) is 25.5 Å². The van der Waals surface area contributed by atoms with E-state index < -0.39 is 0 Å². The molecule has 25 heavy (non-hydrogen) atoms. The van der Waals surface area contributed by atoms with Gasteiger partial charge in [-0.2, -0.15) is 0 Å². The Morgan fingerprint density at radius 3 is 2.68 bits per heavy atom. The van der Waals surface area contributed by atoms with E-state index in [1.165, 1.54) is 0 Å². The van der Waals surface area contributed by atoms with Gasteiger partial charge in [-0.1, -0.05) is 0 Å². The minimum absolute atomic E-state index is 0. The van der Waals surface area contributed by atoms with Gasteiger partial charge in [0.25, 0.3) is 5.91 Å². The number of hydrogen-bond donors (Lipinski definition) is 1. The highest BCUT2D eigenvalue weighted by atomic mass is 35.5. The van der Waals surface area contributed by atoms with Crippen molar-refractivity contribution < 1.29 is 4.79 Å². The molecule has 9 heteroatoms. The second-order valence-electron chi connectivity index (χ2n) is 6.37. The number of likely N-dealkylation sites (tertiary alicyclic amines) is 1. The van der Waals surface area contributed by atoms with Gasteiger partial charge in [0.2, 0.25) is 0 Å². The lowest BCUT2D eigenvalue weighted by molar-refractivity contribution is 0.0773. The number of hydrogen-bond acceptors (Lipinski definition) is 5. The number of fused-ring (bicyclic) bond motifs is 1. The number of nitrogens with zero attached hydrogens (tertiary/aromatic N) is 5. The van der Waals surface area contributed by atoms with Crippen molar-refractivity contribution in [2.45, 2.75) is 19.4 Å². The second-order valence-corrected chi connectivity index (χ2v) is 6.37. The van der Waals surface area contributed by atoms with Gasteiger partial charge in [0.1, 0.15) is 5.82 Å². The number of amides is 1. The number of rotatable bonds is 2. The highest BCUT2D eigenvalue weighted by Gasteiger charge is 2.31. The molecule has 0 radical (unpaired) electrons. The fourth-order valence-corrected chi connectivity index (χ4v) is 3.59. The quantitative estimate of drug-likeness (QED) is 0.833. The van der Waals surface area contributed by atoms with Crippen LogP contribution >= 0.6 is 24.8 Å². The van der Waals surface area contributed by atoms with E-state index in [1.807, 2.05) is 34.6 Å². The number of halogens is 2. The number of aryl methyl sites for hydroxylation is 1. The normalized spacial score (nSPS) is 21.0. The molecule has 0 aromatic carbocycles. The van der Waals surface area contributed by atoms with Crippen molar-refractivity contribution in [1.82, 2.24) is 29.7 Å². The highest BCUT2D eigenvalue weighted by Crippen LogP contribution is 2.19. The zero-order valence-electron chi connectivity index (χ0n) is 14.2. The number of carbonyl (C=O) groups is 1. The molecule has 4 rings (SSSR count). The molecule has 1 unspecified atom stereocenters. The molecular formula is C16H24Cl2N6O. The third kappa shape index (κ3) is 3.89. The summed E-state index contributed by atoms with van der Waals surface area (Å²) in [6.45, 7) is 7.83. The Balaban J connectivity index is 0.00000113. The van der Waals surface area contributed by atoms with Crippen LogP contribution < -0.4 is 5.32 Å². The summed E-state index contributed by atoms with van der Waals surface area (Å²) < 4.78 is 1.87. The summed E-state index contributed by atoms with van der Waals surface area (Å²) in [5.41, 5.74) is 1.49. The molecule has 1 N–H and O–H groups in total. The van der Waals surface area contributed by atoms with Crippen LogP contribution in [-0.2, 0) is 0 Å². The predicted octanol–water partition coefficient (Wildman–Crippen LogP) is 1.00. The van der Waals surface area contributed by atoms with Crippen molar-refractivity contribution >= 4 is 36.4 Å². The Bertz CT molecular complexity index is 730. The first-order valence-corrected chi connectivity index (χ1v) is 8.28. The minimum atomic E-state index is 0. The van der Waals surface area contributed by atoms with Crippen molar-refractivity contribution in [2.24, 2.45) is 0 Å². The zero-order valence-corrected chi connectivity index (χ0v) is 15.9. The summed E-state index contributed by atoms with van der Waals surface area (Å²) >= 11 is 0. The molecule has 2 aromatic heterocycles. The van der Waals surface area contributed by atoms with E-state index in [9.17, 15) is 4.79 Å². The maximum atomic E-state index is 12.8. The van der Waals surface area contributed by atoms with Crippen molar-refractivity contribution in [3.05, 3.63) is 29.7 Å². The molecule has 1 atom stereocenters. The molecule has 1 amide bonds.